The fourth-order valence-corrected chi connectivity index (χ4v) is 2.65. The first-order chi connectivity index (χ1) is 14.2. The molecule has 0 aliphatic rings. The normalized spacial score (nSPS) is 11.1. The Hall–Kier alpha value is -3.82. The van der Waals surface area contributed by atoms with Crippen molar-refractivity contribution in [3.8, 4) is 5.88 Å². The standard InChI is InChI=1S/C20H17F3N4O3/c1-27-11-16(19(26-27)30-2)18(29)24-14-8-6-12(7-9-14)17(28)25-15-5-3-4-13(10-15)20(21,22)23/h3-11H,1-2H3,(H,24,29)(H,25,28). The number of methoxy groups -OCH3 is 1. The van der Waals surface area contributed by atoms with Crippen LogP contribution < -0.4 is 15.4 Å². The number of nitrogens with zero attached hydrogens (tertiary/aromatic N) is 2. The van der Waals surface area contributed by atoms with Crippen LogP contribution in [0.25, 0.3) is 0 Å². The molecule has 0 aliphatic carbocycles. The summed E-state index contributed by atoms with van der Waals surface area (Å²) >= 11 is 0. The maximum Gasteiger partial charge on any atom is 0.416 e. The second kappa shape index (κ2) is 8.27. The number of carbonyl (C=O) groups is 2. The zero-order valence-corrected chi connectivity index (χ0v) is 15.9. The van der Waals surface area contributed by atoms with Gasteiger partial charge >= 0.3 is 6.18 Å². The Morgan fingerprint density at radius 2 is 1.67 bits per heavy atom. The average molecular weight is 418 g/mol. The summed E-state index contributed by atoms with van der Waals surface area (Å²) in [6.45, 7) is 0. The van der Waals surface area contributed by atoms with Gasteiger partial charge in [0.25, 0.3) is 11.8 Å². The molecular formula is C20H17F3N4O3. The number of amides is 2. The maximum atomic E-state index is 12.8. The van der Waals surface area contributed by atoms with Crippen LogP contribution in [0.5, 0.6) is 5.88 Å². The third kappa shape index (κ3) is 4.77. The van der Waals surface area contributed by atoms with Gasteiger partial charge in [0, 0.05) is 30.2 Å². The predicted molar refractivity (Wildman–Crippen MR) is 104 cm³/mol. The van der Waals surface area contributed by atoms with E-state index in [2.05, 4.69) is 15.7 Å². The molecule has 10 heteroatoms. The lowest BCUT2D eigenvalue weighted by Crippen LogP contribution is -2.14. The number of aryl methyl sites for hydroxylation is 1. The smallest absolute Gasteiger partial charge is 0.416 e. The van der Waals surface area contributed by atoms with Crippen LogP contribution >= 0.6 is 0 Å². The largest absolute Gasteiger partial charge is 0.479 e. The topological polar surface area (TPSA) is 85.2 Å². The van der Waals surface area contributed by atoms with Crippen LogP contribution in [0.4, 0.5) is 24.5 Å². The SMILES string of the molecule is COc1nn(C)cc1C(=O)Nc1ccc(C(=O)Nc2cccc(C(F)(F)F)c2)cc1. The third-order valence-electron chi connectivity index (χ3n) is 4.09. The third-order valence-corrected chi connectivity index (χ3v) is 4.09. The van der Waals surface area contributed by atoms with Gasteiger partial charge in [-0.25, -0.2) is 0 Å². The number of aromatic nitrogens is 2. The van der Waals surface area contributed by atoms with Gasteiger partial charge in [-0.15, -0.1) is 5.10 Å². The first kappa shape index (κ1) is 20.9. The predicted octanol–water partition coefficient (Wildman–Crippen LogP) is 3.95. The lowest BCUT2D eigenvalue weighted by Gasteiger charge is -2.10. The highest BCUT2D eigenvalue weighted by molar-refractivity contribution is 6.07. The van der Waals surface area contributed by atoms with E-state index in [9.17, 15) is 22.8 Å². The molecule has 2 aromatic carbocycles. The number of anilines is 2. The summed E-state index contributed by atoms with van der Waals surface area (Å²) in [5, 5.41) is 9.08. The van der Waals surface area contributed by atoms with Crippen LogP contribution in [0.15, 0.2) is 54.7 Å². The Balaban J connectivity index is 1.68. The highest BCUT2D eigenvalue weighted by atomic mass is 19.4. The fraction of sp³-hybridized carbons (Fsp3) is 0.150. The van der Waals surface area contributed by atoms with E-state index in [-0.39, 0.29) is 22.7 Å². The van der Waals surface area contributed by atoms with E-state index in [1.54, 1.807) is 7.05 Å². The molecule has 1 aromatic heterocycles. The Labute approximate surface area is 169 Å². The van der Waals surface area contributed by atoms with E-state index >= 15 is 0 Å². The minimum Gasteiger partial charge on any atom is -0.479 e. The number of benzene rings is 2. The molecule has 0 spiro atoms. The number of nitrogens with one attached hydrogen (secondary N) is 2. The lowest BCUT2D eigenvalue weighted by atomic mass is 10.1. The molecule has 0 saturated heterocycles. The average Bonchev–Trinajstić information content (AvgIpc) is 3.09. The minimum atomic E-state index is -4.50. The first-order valence-corrected chi connectivity index (χ1v) is 8.65. The van der Waals surface area contributed by atoms with Crippen molar-refractivity contribution in [2.75, 3.05) is 17.7 Å². The maximum absolute atomic E-state index is 12.8. The van der Waals surface area contributed by atoms with E-state index in [1.165, 1.54) is 54.4 Å². The molecule has 2 amide bonds. The molecule has 0 unspecified atom stereocenters. The molecule has 7 nitrogen and oxygen atoms in total. The van der Waals surface area contributed by atoms with E-state index in [4.69, 9.17) is 4.74 Å². The zero-order chi connectivity index (χ0) is 21.9. The molecule has 0 bridgehead atoms. The molecule has 156 valence electrons. The van der Waals surface area contributed by atoms with Gasteiger partial charge in [-0.1, -0.05) is 6.07 Å². The molecule has 0 atom stereocenters. The molecule has 2 N–H and O–H groups in total. The monoisotopic (exact) mass is 418 g/mol. The Morgan fingerprint density at radius 3 is 2.30 bits per heavy atom. The van der Waals surface area contributed by atoms with Crippen molar-refractivity contribution in [3.63, 3.8) is 0 Å². The van der Waals surface area contributed by atoms with Crippen molar-refractivity contribution in [1.82, 2.24) is 9.78 Å². The first-order valence-electron chi connectivity index (χ1n) is 8.65. The van der Waals surface area contributed by atoms with Crippen molar-refractivity contribution < 1.29 is 27.5 Å². The van der Waals surface area contributed by atoms with E-state index in [0.29, 0.717) is 5.69 Å². The summed E-state index contributed by atoms with van der Waals surface area (Å²) in [6, 6.07) is 10.2. The van der Waals surface area contributed by atoms with Crippen LogP contribution in [0.2, 0.25) is 0 Å². The van der Waals surface area contributed by atoms with Gasteiger partial charge in [-0.3, -0.25) is 14.3 Å². The number of halogens is 3. The summed E-state index contributed by atoms with van der Waals surface area (Å²) < 4.78 is 44.8. The molecule has 0 fully saturated rings. The van der Waals surface area contributed by atoms with E-state index in [0.717, 1.165) is 12.1 Å². The van der Waals surface area contributed by atoms with Gasteiger partial charge in [-0.2, -0.15) is 13.2 Å². The van der Waals surface area contributed by atoms with Crippen LogP contribution in [-0.4, -0.2) is 28.7 Å². The number of alkyl halides is 3. The van der Waals surface area contributed by atoms with Crippen LogP contribution in [0.1, 0.15) is 26.3 Å². The lowest BCUT2D eigenvalue weighted by molar-refractivity contribution is -0.137. The summed E-state index contributed by atoms with van der Waals surface area (Å²) in [7, 11) is 3.05. The van der Waals surface area contributed by atoms with Crippen molar-refractivity contribution in [2.24, 2.45) is 7.05 Å². The molecule has 0 aliphatic heterocycles. The molecule has 3 aromatic rings. The fourth-order valence-electron chi connectivity index (χ4n) is 2.65. The van der Waals surface area contributed by atoms with Gasteiger partial charge in [0.2, 0.25) is 5.88 Å². The summed E-state index contributed by atoms with van der Waals surface area (Å²) in [6.07, 6.45) is -3.00. The van der Waals surface area contributed by atoms with Crippen LogP contribution in [-0.2, 0) is 13.2 Å². The molecule has 30 heavy (non-hydrogen) atoms. The van der Waals surface area contributed by atoms with Gasteiger partial charge in [0.05, 0.1) is 12.7 Å². The number of ether oxygens (including phenoxy) is 1. The van der Waals surface area contributed by atoms with Crippen molar-refractivity contribution in [2.45, 2.75) is 6.18 Å². The Bertz CT molecular complexity index is 1080. The second-order valence-electron chi connectivity index (χ2n) is 6.29. The quantitative estimate of drug-likeness (QED) is 0.657. The highest BCUT2D eigenvalue weighted by Gasteiger charge is 2.30. The molecule has 3 rings (SSSR count). The van der Waals surface area contributed by atoms with Crippen molar-refractivity contribution >= 4 is 23.2 Å². The minimum absolute atomic E-state index is 0.0240. The van der Waals surface area contributed by atoms with Crippen LogP contribution in [0.3, 0.4) is 0 Å². The second-order valence-corrected chi connectivity index (χ2v) is 6.29. The van der Waals surface area contributed by atoms with Gasteiger partial charge in [-0.05, 0) is 42.5 Å². The van der Waals surface area contributed by atoms with E-state index in [1.807, 2.05) is 0 Å². The van der Waals surface area contributed by atoms with Crippen molar-refractivity contribution in [3.05, 3.63) is 71.4 Å². The number of hydrogen-bond donors (Lipinski definition) is 2. The Kier molecular flexibility index (Phi) is 5.77. The summed E-state index contributed by atoms with van der Waals surface area (Å²) in [4.78, 5) is 24.7. The molecule has 0 saturated carbocycles. The van der Waals surface area contributed by atoms with E-state index < -0.39 is 23.6 Å². The number of carbonyl (C=O) groups excluding carboxylic acids is 2. The Morgan fingerprint density at radius 1 is 1.00 bits per heavy atom. The molecule has 1 heterocycles. The number of hydrogen-bond acceptors (Lipinski definition) is 4. The van der Waals surface area contributed by atoms with Gasteiger partial charge < -0.3 is 15.4 Å². The molecular weight excluding hydrogens is 401 g/mol. The van der Waals surface area contributed by atoms with Crippen molar-refractivity contribution in [1.29, 1.82) is 0 Å². The zero-order valence-electron chi connectivity index (χ0n) is 15.9. The summed E-state index contributed by atoms with van der Waals surface area (Å²) in [5.41, 5.74) is 0.0392. The number of rotatable bonds is 5. The molecule has 0 radical (unpaired) electrons. The van der Waals surface area contributed by atoms with Crippen LogP contribution in [0, 0.1) is 0 Å². The van der Waals surface area contributed by atoms with Gasteiger partial charge in [0.1, 0.15) is 5.56 Å². The summed E-state index contributed by atoms with van der Waals surface area (Å²) in [5.74, 6) is -0.852. The highest BCUT2D eigenvalue weighted by Crippen LogP contribution is 2.30. The van der Waals surface area contributed by atoms with Gasteiger partial charge in [0.15, 0.2) is 0 Å².